The van der Waals surface area contributed by atoms with Gasteiger partial charge in [-0.1, -0.05) is 31.2 Å². The number of anilines is 1. The van der Waals surface area contributed by atoms with E-state index in [1.807, 2.05) is 31.1 Å². The molecule has 3 aromatic heterocycles. The number of allylic oxidation sites excluding steroid dienone is 2. The Kier molecular flexibility index (Phi) is 9.11. The number of hydrogen-bond donors (Lipinski definition) is 2. The molecule has 1 aromatic carbocycles. The molecule has 0 saturated carbocycles. The molecular weight excluding hydrogens is 589 g/mol. The molecule has 1 fully saturated rings. The van der Waals surface area contributed by atoms with Crippen molar-refractivity contribution in [3.63, 3.8) is 0 Å². The first kappa shape index (κ1) is 31.2. The van der Waals surface area contributed by atoms with Gasteiger partial charge in [0.1, 0.15) is 17.9 Å². The summed E-state index contributed by atoms with van der Waals surface area (Å²) in [6.45, 7) is 5.56. The van der Waals surface area contributed by atoms with Gasteiger partial charge in [0.05, 0.1) is 23.0 Å². The van der Waals surface area contributed by atoms with Gasteiger partial charge in [-0.15, -0.1) is 0 Å². The number of nitrogens with one attached hydrogen (secondary N) is 2. The summed E-state index contributed by atoms with van der Waals surface area (Å²) in [5.41, 5.74) is 0.209. The van der Waals surface area contributed by atoms with Gasteiger partial charge in [0.25, 0.3) is 11.8 Å². The van der Waals surface area contributed by atoms with Crippen molar-refractivity contribution < 1.29 is 27.6 Å². The quantitative estimate of drug-likeness (QED) is 0.218. The van der Waals surface area contributed by atoms with Crippen molar-refractivity contribution in [3.05, 3.63) is 84.0 Å². The second kappa shape index (κ2) is 13.2. The van der Waals surface area contributed by atoms with Crippen LogP contribution in [0.2, 0.25) is 0 Å². The molecule has 0 aliphatic carbocycles. The van der Waals surface area contributed by atoms with Crippen LogP contribution in [0.4, 0.5) is 18.9 Å². The van der Waals surface area contributed by atoms with E-state index < -0.39 is 17.8 Å². The predicted octanol–water partition coefficient (Wildman–Crippen LogP) is 4.68. The highest BCUT2D eigenvalue weighted by atomic mass is 19.4. The van der Waals surface area contributed by atoms with E-state index in [4.69, 9.17) is 0 Å². The first-order valence-corrected chi connectivity index (χ1v) is 14.3. The number of aromatic nitrogens is 5. The van der Waals surface area contributed by atoms with E-state index in [2.05, 4.69) is 20.5 Å². The van der Waals surface area contributed by atoms with E-state index in [1.165, 1.54) is 22.9 Å². The van der Waals surface area contributed by atoms with Crippen molar-refractivity contribution in [3.8, 4) is 11.3 Å². The highest BCUT2D eigenvalue weighted by molar-refractivity contribution is 6.04. The number of benzene rings is 1. The smallest absolute Gasteiger partial charge is 0.338 e. The average molecular weight is 621 g/mol. The third kappa shape index (κ3) is 7.11. The Morgan fingerprint density at radius 1 is 1.07 bits per heavy atom. The fraction of sp³-hybridized carbons (Fsp3) is 0.290. The van der Waals surface area contributed by atoms with Crippen LogP contribution in [0.1, 0.15) is 36.5 Å². The lowest BCUT2D eigenvalue weighted by molar-refractivity contribution is -0.140. The zero-order valence-electron chi connectivity index (χ0n) is 24.6. The normalized spacial score (nSPS) is 14.4. The number of pyridine rings is 1. The molecular formula is C31H31F3N8O3. The van der Waals surface area contributed by atoms with Crippen LogP contribution in [-0.4, -0.2) is 78.7 Å². The van der Waals surface area contributed by atoms with Crippen molar-refractivity contribution in [1.29, 1.82) is 0 Å². The highest BCUT2D eigenvalue weighted by Gasteiger charge is 2.36. The molecule has 4 aromatic rings. The predicted molar refractivity (Wildman–Crippen MR) is 161 cm³/mol. The molecule has 3 amide bonds. The van der Waals surface area contributed by atoms with E-state index in [-0.39, 0.29) is 35.3 Å². The lowest BCUT2D eigenvalue weighted by atomic mass is 10.1. The monoisotopic (exact) mass is 620 g/mol. The average Bonchev–Trinajstić information content (AvgIpc) is 3.69. The first-order chi connectivity index (χ1) is 21.6. The van der Waals surface area contributed by atoms with Gasteiger partial charge in [-0.05, 0) is 43.7 Å². The third-order valence-corrected chi connectivity index (χ3v) is 7.30. The summed E-state index contributed by atoms with van der Waals surface area (Å²) in [5.74, 6) is -0.790. The summed E-state index contributed by atoms with van der Waals surface area (Å²) in [5, 5.41) is 13.2. The molecule has 0 radical (unpaired) electrons. The molecule has 0 atom stereocenters. The number of H-pyrrole nitrogens is 1. The standard InChI is InChI=1S/C31H31F3N8O3/c1-3-5-7-20(4-2)30(45)41-14-12-40(13-15-41)27(43)19-42-18-21-16-22(10-11-24(21)39-42)36-29(44)26-9-6-8-25(37-26)23-17-35-38-28(23)31(32,33)34/h4-11,16-18H,3,12-15,19H2,1-2H3,(H,35,38)(H,36,44)/b7-5-,20-4+. The van der Waals surface area contributed by atoms with Gasteiger partial charge in [-0.3, -0.25) is 24.2 Å². The van der Waals surface area contributed by atoms with E-state index in [0.29, 0.717) is 48.3 Å². The van der Waals surface area contributed by atoms with Gasteiger partial charge in [-0.2, -0.15) is 23.4 Å². The SMILES string of the molecule is C/C=C(\C=C/CC)C(=O)N1CCN(C(=O)Cn2cc3cc(NC(=O)c4cccc(-c5cn[nH]c5C(F)(F)F)n4)ccc3n2)CC1. The van der Waals surface area contributed by atoms with Gasteiger partial charge in [0.15, 0.2) is 0 Å². The summed E-state index contributed by atoms with van der Waals surface area (Å²) in [4.78, 5) is 46.3. The maximum Gasteiger partial charge on any atom is 0.433 e. The molecule has 14 heteroatoms. The number of carbonyl (C=O) groups excluding carboxylic acids is 3. The summed E-state index contributed by atoms with van der Waals surface area (Å²) in [6.07, 6.45) is 4.44. The number of rotatable bonds is 8. The van der Waals surface area contributed by atoms with E-state index in [9.17, 15) is 27.6 Å². The van der Waals surface area contributed by atoms with Crippen LogP contribution in [0.15, 0.2) is 72.6 Å². The van der Waals surface area contributed by atoms with Crippen LogP contribution in [0.3, 0.4) is 0 Å². The topological polar surface area (TPSA) is 129 Å². The molecule has 5 rings (SSSR count). The lowest BCUT2D eigenvalue weighted by Gasteiger charge is -2.35. The van der Waals surface area contributed by atoms with Crippen molar-refractivity contribution in [2.45, 2.75) is 33.0 Å². The zero-order valence-corrected chi connectivity index (χ0v) is 24.6. The zero-order chi connectivity index (χ0) is 32.1. The summed E-state index contributed by atoms with van der Waals surface area (Å²) in [7, 11) is 0. The van der Waals surface area contributed by atoms with E-state index >= 15 is 0 Å². The molecule has 1 aliphatic heterocycles. The maximum atomic E-state index is 13.3. The van der Waals surface area contributed by atoms with Crippen molar-refractivity contribution in [2.24, 2.45) is 0 Å². The van der Waals surface area contributed by atoms with E-state index in [0.717, 1.165) is 12.6 Å². The molecule has 0 bridgehead atoms. The van der Waals surface area contributed by atoms with Crippen molar-refractivity contribution in [2.75, 3.05) is 31.5 Å². The fourth-order valence-electron chi connectivity index (χ4n) is 4.95. The number of piperazine rings is 1. The number of carbonyl (C=O) groups is 3. The van der Waals surface area contributed by atoms with Crippen LogP contribution in [-0.2, 0) is 22.3 Å². The summed E-state index contributed by atoms with van der Waals surface area (Å²) in [6, 6.07) is 9.20. The second-order valence-electron chi connectivity index (χ2n) is 10.3. The Balaban J connectivity index is 1.20. The molecule has 11 nitrogen and oxygen atoms in total. The number of nitrogens with zero attached hydrogens (tertiary/aromatic N) is 6. The largest absolute Gasteiger partial charge is 0.433 e. The minimum absolute atomic E-state index is 0.00824. The maximum absolute atomic E-state index is 13.3. The van der Waals surface area contributed by atoms with Crippen LogP contribution in [0.25, 0.3) is 22.2 Å². The molecule has 1 saturated heterocycles. The number of amides is 3. The van der Waals surface area contributed by atoms with Crippen LogP contribution < -0.4 is 5.32 Å². The van der Waals surface area contributed by atoms with Gasteiger partial charge >= 0.3 is 6.18 Å². The van der Waals surface area contributed by atoms with Crippen molar-refractivity contribution >= 4 is 34.3 Å². The number of halogens is 3. The van der Waals surface area contributed by atoms with Gasteiger partial charge < -0.3 is 15.1 Å². The Morgan fingerprint density at radius 2 is 1.82 bits per heavy atom. The molecule has 45 heavy (non-hydrogen) atoms. The van der Waals surface area contributed by atoms with Crippen LogP contribution in [0.5, 0.6) is 0 Å². The third-order valence-electron chi connectivity index (χ3n) is 7.30. The minimum atomic E-state index is -4.66. The Labute approximate surface area is 256 Å². The van der Waals surface area contributed by atoms with Crippen LogP contribution in [0, 0.1) is 0 Å². The van der Waals surface area contributed by atoms with Crippen molar-refractivity contribution in [1.82, 2.24) is 34.8 Å². The molecule has 0 unspecified atom stereocenters. The summed E-state index contributed by atoms with van der Waals surface area (Å²) >= 11 is 0. The van der Waals surface area contributed by atoms with Gasteiger partial charge in [-0.25, -0.2) is 4.98 Å². The molecule has 234 valence electrons. The Bertz CT molecular complexity index is 1780. The number of fused-ring (bicyclic) bond motifs is 1. The van der Waals surface area contributed by atoms with Gasteiger partial charge in [0, 0.05) is 49.0 Å². The fourth-order valence-corrected chi connectivity index (χ4v) is 4.95. The van der Waals surface area contributed by atoms with E-state index in [1.54, 1.807) is 40.3 Å². The van der Waals surface area contributed by atoms with Crippen LogP contribution >= 0.6 is 0 Å². The molecule has 1 aliphatic rings. The second-order valence-corrected chi connectivity index (χ2v) is 10.3. The molecule has 2 N–H and O–H groups in total. The molecule has 4 heterocycles. The molecule has 0 spiro atoms. The Morgan fingerprint density at radius 3 is 2.53 bits per heavy atom. The minimum Gasteiger partial charge on any atom is -0.338 e. The first-order valence-electron chi connectivity index (χ1n) is 14.3. The number of aromatic amines is 1. The number of hydrogen-bond acceptors (Lipinski definition) is 6. The number of alkyl halides is 3. The highest BCUT2D eigenvalue weighted by Crippen LogP contribution is 2.34. The summed E-state index contributed by atoms with van der Waals surface area (Å²) < 4.78 is 41.4. The van der Waals surface area contributed by atoms with Gasteiger partial charge in [0.2, 0.25) is 5.91 Å². The lowest BCUT2D eigenvalue weighted by Crippen LogP contribution is -2.51. The Hall–Kier alpha value is -5.27.